The molecule has 1 aromatic heterocycles. The topological polar surface area (TPSA) is 62.2 Å². The van der Waals surface area contributed by atoms with E-state index in [4.69, 9.17) is 0 Å². The zero-order valence-electron chi connectivity index (χ0n) is 11.3. The molecule has 0 saturated carbocycles. The van der Waals surface area contributed by atoms with Gasteiger partial charge in [-0.3, -0.25) is 4.79 Å². The molecule has 0 aliphatic rings. The van der Waals surface area contributed by atoms with Crippen LogP contribution in [0.1, 0.15) is 43.5 Å². The maximum atomic E-state index is 11.3. The van der Waals surface area contributed by atoms with E-state index in [-0.39, 0.29) is 0 Å². The molecule has 0 bridgehead atoms. The van der Waals surface area contributed by atoms with Crippen LogP contribution in [0.5, 0.6) is 0 Å². The van der Waals surface area contributed by atoms with Gasteiger partial charge in [-0.1, -0.05) is 20.8 Å². The zero-order valence-corrected chi connectivity index (χ0v) is 12.1. The molecule has 0 radical (unpaired) electrons. The van der Waals surface area contributed by atoms with Crippen LogP contribution in [-0.4, -0.2) is 22.6 Å². The first-order chi connectivity index (χ1) is 8.57. The third-order valence-electron chi connectivity index (χ3n) is 3.50. The smallest absolute Gasteiger partial charge is 0.310 e. The van der Waals surface area contributed by atoms with Crippen molar-refractivity contribution in [2.75, 3.05) is 6.54 Å². The van der Waals surface area contributed by atoms with Gasteiger partial charge in [0, 0.05) is 24.2 Å². The quantitative estimate of drug-likeness (QED) is 0.762. The lowest BCUT2D eigenvalue weighted by Crippen LogP contribution is -2.39. The fraction of sp³-hybridized carbons (Fsp3) is 0.692. The Bertz CT molecular complexity index is 386. The Kier molecular flexibility index (Phi) is 5.75. The van der Waals surface area contributed by atoms with E-state index in [0.717, 1.165) is 11.4 Å². The molecule has 1 aromatic rings. The highest BCUT2D eigenvalue weighted by Gasteiger charge is 2.34. The van der Waals surface area contributed by atoms with Gasteiger partial charge in [-0.15, -0.1) is 11.3 Å². The van der Waals surface area contributed by atoms with Crippen LogP contribution in [0, 0.1) is 5.41 Å². The number of carboxylic acid groups (broad SMARTS) is 1. The van der Waals surface area contributed by atoms with E-state index in [1.165, 1.54) is 4.88 Å². The summed E-state index contributed by atoms with van der Waals surface area (Å²) in [6.07, 6.45) is 4.18. The summed E-state index contributed by atoms with van der Waals surface area (Å²) < 4.78 is 0. The second-order valence-corrected chi connectivity index (χ2v) is 5.67. The molecule has 1 heterocycles. The maximum Gasteiger partial charge on any atom is 0.310 e. The number of thiazole rings is 1. The third kappa shape index (κ3) is 3.53. The Balaban J connectivity index is 2.51. The van der Waals surface area contributed by atoms with Gasteiger partial charge < -0.3 is 10.4 Å². The lowest BCUT2D eigenvalue weighted by molar-refractivity contribution is -0.149. The number of carbonyl (C=O) groups is 1. The van der Waals surface area contributed by atoms with Crippen LogP contribution in [0.2, 0.25) is 0 Å². The Labute approximate surface area is 112 Å². The molecule has 0 atom stereocenters. The lowest BCUT2D eigenvalue weighted by Gasteiger charge is -2.26. The molecule has 4 nitrogen and oxygen atoms in total. The molecule has 0 fully saturated rings. The number of aromatic nitrogens is 1. The van der Waals surface area contributed by atoms with Crippen molar-refractivity contribution in [3.05, 3.63) is 16.1 Å². The first-order valence-corrected chi connectivity index (χ1v) is 7.27. The second-order valence-electron chi connectivity index (χ2n) is 4.47. The van der Waals surface area contributed by atoms with Gasteiger partial charge in [-0.25, -0.2) is 4.98 Å². The minimum Gasteiger partial charge on any atom is -0.481 e. The minimum absolute atomic E-state index is 0.496. The van der Waals surface area contributed by atoms with E-state index in [2.05, 4.69) is 17.2 Å². The molecule has 102 valence electrons. The van der Waals surface area contributed by atoms with E-state index in [1.54, 1.807) is 11.3 Å². The fourth-order valence-electron chi connectivity index (χ4n) is 1.88. The molecule has 2 N–H and O–H groups in total. The molecule has 0 spiro atoms. The van der Waals surface area contributed by atoms with Gasteiger partial charge in [0.2, 0.25) is 0 Å². The number of rotatable bonds is 8. The van der Waals surface area contributed by atoms with Gasteiger partial charge in [0.1, 0.15) is 5.01 Å². The van der Waals surface area contributed by atoms with Crippen molar-refractivity contribution >= 4 is 17.3 Å². The van der Waals surface area contributed by atoms with Gasteiger partial charge in [0.15, 0.2) is 0 Å². The van der Waals surface area contributed by atoms with Crippen LogP contribution < -0.4 is 5.32 Å². The number of carboxylic acids is 1. The van der Waals surface area contributed by atoms with Crippen molar-refractivity contribution in [1.82, 2.24) is 10.3 Å². The highest BCUT2D eigenvalue weighted by molar-refractivity contribution is 7.11. The maximum absolute atomic E-state index is 11.3. The number of aliphatic carboxylic acids is 1. The zero-order chi connectivity index (χ0) is 13.6. The number of hydrogen-bond donors (Lipinski definition) is 2. The van der Waals surface area contributed by atoms with Gasteiger partial charge in [-0.05, 0) is 19.3 Å². The van der Waals surface area contributed by atoms with Gasteiger partial charge >= 0.3 is 5.97 Å². The normalized spacial score (nSPS) is 11.7. The average molecular weight is 270 g/mol. The molecule has 0 aliphatic carbocycles. The van der Waals surface area contributed by atoms with E-state index >= 15 is 0 Å². The van der Waals surface area contributed by atoms with Crippen LogP contribution in [0.4, 0.5) is 0 Å². The summed E-state index contributed by atoms with van der Waals surface area (Å²) >= 11 is 1.69. The van der Waals surface area contributed by atoms with Crippen LogP contribution in [-0.2, 0) is 17.8 Å². The highest BCUT2D eigenvalue weighted by atomic mass is 32.1. The molecular weight excluding hydrogens is 248 g/mol. The van der Waals surface area contributed by atoms with Gasteiger partial charge in [0.25, 0.3) is 0 Å². The van der Waals surface area contributed by atoms with Gasteiger partial charge in [-0.2, -0.15) is 0 Å². The Morgan fingerprint density at radius 1 is 1.44 bits per heavy atom. The lowest BCUT2D eigenvalue weighted by atomic mass is 9.82. The molecular formula is C13H22N2O2S. The molecule has 0 amide bonds. The van der Waals surface area contributed by atoms with E-state index in [9.17, 15) is 9.90 Å². The summed E-state index contributed by atoms with van der Waals surface area (Å²) in [6.45, 7) is 7.11. The summed E-state index contributed by atoms with van der Waals surface area (Å²) in [7, 11) is 0. The van der Waals surface area contributed by atoms with Crippen LogP contribution in [0.25, 0.3) is 0 Å². The summed E-state index contributed by atoms with van der Waals surface area (Å²) in [5, 5.41) is 13.6. The van der Waals surface area contributed by atoms with E-state index in [1.807, 2.05) is 20.0 Å². The summed E-state index contributed by atoms with van der Waals surface area (Å²) in [6, 6.07) is 0. The Morgan fingerprint density at radius 3 is 2.56 bits per heavy atom. The minimum atomic E-state index is -0.714. The molecule has 0 aliphatic heterocycles. The predicted molar refractivity (Wildman–Crippen MR) is 73.8 cm³/mol. The largest absolute Gasteiger partial charge is 0.481 e. The van der Waals surface area contributed by atoms with E-state index < -0.39 is 11.4 Å². The monoisotopic (exact) mass is 270 g/mol. The predicted octanol–water partition coefficient (Wildman–Crippen LogP) is 2.69. The highest BCUT2D eigenvalue weighted by Crippen LogP contribution is 2.26. The molecule has 1 rings (SSSR count). The van der Waals surface area contributed by atoms with Crippen molar-refractivity contribution in [3.63, 3.8) is 0 Å². The number of hydrogen-bond acceptors (Lipinski definition) is 4. The molecule has 0 unspecified atom stereocenters. The van der Waals surface area contributed by atoms with Crippen molar-refractivity contribution < 1.29 is 9.90 Å². The van der Waals surface area contributed by atoms with Crippen LogP contribution in [0.3, 0.4) is 0 Å². The molecule has 0 aromatic carbocycles. The standard InChI is InChI=1S/C13H22N2O2S/c1-4-10-7-15-11(18-10)8-14-9-13(5-2,6-3)12(16)17/h7,14H,4-6,8-9H2,1-3H3,(H,16,17). The molecule has 0 saturated heterocycles. The van der Waals surface area contributed by atoms with Crippen molar-refractivity contribution in [1.29, 1.82) is 0 Å². The van der Waals surface area contributed by atoms with Crippen molar-refractivity contribution in [3.8, 4) is 0 Å². The first-order valence-electron chi connectivity index (χ1n) is 6.45. The van der Waals surface area contributed by atoms with Crippen LogP contribution in [0.15, 0.2) is 6.20 Å². The number of nitrogens with zero attached hydrogens (tertiary/aromatic N) is 1. The van der Waals surface area contributed by atoms with E-state index in [0.29, 0.717) is 25.9 Å². The fourth-order valence-corrected chi connectivity index (χ4v) is 2.71. The average Bonchev–Trinajstić information content (AvgIpc) is 2.82. The molecule has 18 heavy (non-hydrogen) atoms. The third-order valence-corrected chi connectivity index (χ3v) is 4.64. The summed E-state index contributed by atoms with van der Waals surface area (Å²) in [5.41, 5.74) is -0.648. The number of aryl methyl sites for hydroxylation is 1. The molecule has 5 heteroatoms. The first kappa shape index (κ1) is 15.1. The number of nitrogens with one attached hydrogen (secondary N) is 1. The van der Waals surface area contributed by atoms with Crippen molar-refractivity contribution in [2.24, 2.45) is 5.41 Å². The second kappa shape index (κ2) is 6.85. The Morgan fingerprint density at radius 2 is 2.11 bits per heavy atom. The Hall–Kier alpha value is -0.940. The van der Waals surface area contributed by atoms with Crippen molar-refractivity contribution in [2.45, 2.75) is 46.6 Å². The van der Waals surface area contributed by atoms with Gasteiger partial charge in [0.05, 0.1) is 5.41 Å². The summed E-state index contributed by atoms with van der Waals surface area (Å²) in [4.78, 5) is 16.9. The van der Waals surface area contributed by atoms with Crippen LogP contribution >= 0.6 is 11.3 Å². The summed E-state index contributed by atoms with van der Waals surface area (Å²) in [5.74, 6) is -0.714. The SMILES string of the molecule is CCc1cnc(CNCC(CC)(CC)C(=O)O)s1.